The van der Waals surface area contributed by atoms with Crippen LogP contribution in [0.1, 0.15) is 71.0 Å². The molecular weight excluding hydrogens is 336 g/mol. The quantitative estimate of drug-likeness (QED) is 0.813. The van der Waals surface area contributed by atoms with Gasteiger partial charge >= 0.3 is 0 Å². The molecule has 2 heterocycles. The molecule has 0 amide bonds. The predicted octanol–water partition coefficient (Wildman–Crippen LogP) is 4.52. The monoisotopic (exact) mass is 366 g/mol. The van der Waals surface area contributed by atoms with Crippen molar-refractivity contribution in [2.24, 2.45) is 17.3 Å². The molecule has 6 heteroatoms. The maximum absolute atomic E-state index is 9.26. The van der Waals surface area contributed by atoms with Crippen molar-refractivity contribution < 1.29 is 0 Å². The van der Waals surface area contributed by atoms with E-state index < -0.39 is 0 Å². The molecule has 0 saturated heterocycles. The van der Waals surface area contributed by atoms with Gasteiger partial charge in [-0.1, -0.05) is 33.1 Å². The van der Waals surface area contributed by atoms with E-state index in [0.717, 1.165) is 30.3 Å². The maximum atomic E-state index is 9.26. The largest absolute Gasteiger partial charge is 0.368 e. The molecule has 0 radical (unpaired) electrons. The Kier molecular flexibility index (Phi) is 5.03. The van der Waals surface area contributed by atoms with E-state index in [9.17, 15) is 5.26 Å². The molecule has 144 valence electrons. The van der Waals surface area contributed by atoms with Crippen LogP contribution in [0, 0.1) is 28.6 Å². The van der Waals surface area contributed by atoms with Crippen molar-refractivity contribution in [2.75, 3.05) is 11.9 Å². The van der Waals surface area contributed by atoms with Crippen LogP contribution in [-0.2, 0) is 6.54 Å². The number of nitrogens with zero attached hydrogens (tertiary/aromatic N) is 5. The maximum Gasteiger partial charge on any atom is 0.236 e. The van der Waals surface area contributed by atoms with Crippen molar-refractivity contribution >= 4 is 17.0 Å². The Hall–Kier alpha value is -2.16. The van der Waals surface area contributed by atoms with Crippen molar-refractivity contribution in [3.05, 3.63) is 12.2 Å². The molecule has 0 aliphatic heterocycles. The topological polar surface area (TPSA) is 79.4 Å². The van der Waals surface area contributed by atoms with Crippen LogP contribution in [0.4, 0.5) is 5.82 Å². The predicted molar refractivity (Wildman–Crippen MR) is 106 cm³/mol. The smallest absolute Gasteiger partial charge is 0.236 e. The molecule has 0 atom stereocenters. The van der Waals surface area contributed by atoms with Crippen molar-refractivity contribution in [3.63, 3.8) is 0 Å². The molecule has 2 aliphatic rings. The second-order valence-corrected chi connectivity index (χ2v) is 9.20. The van der Waals surface area contributed by atoms with E-state index in [0.29, 0.717) is 17.0 Å². The molecule has 27 heavy (non-hydrogen) atoms. The van der Waals surface area contributed by atoms with Gasteiger partial charge < -0.3 is 9.88 Å². The molecule has 4 rings (SSSR count). The molecule has 0 spiro atoms. The number of imidazole rings is 1. The minimum absolute atomic E-state index is 0.193. The van der Waals surface area contributed by atoms with E-state index >= 15 is 0 Å². The zero-order chi connectivity index (χ0) is 18.9. The second-order valence-electron chi connectivity index (χ2n) is 9.20. The number of aromatic nitrogens is 4. The van der Waals surface area contributed by atoms with Crippen LogP contribution in [0.3, 0.4) is 0 Å². The highest BCUT2D eigenvalue weighted by Gasteiger charge is 2.27. The van der Waals surface area contributed by atoms with E-state index in [2.05, 4.69) is 44.8 Å². The van der Waals surface area contributed by atoms with Gasteiger partial charge in [-0.2, -0.15) is 15.2 Å². The lowest BCUT2D eigenvalue weighted by Gasteiger charge is -2.34. The fourth-order valence-electron chi connectivity index (χ4n) is 4.39. The summed E-state index contributed by atoms with van der Waals surface area (Å²) in [6, 6.07) is 2.07. The van der Waals surface area contributed by atoms with Gasteiger partial charge in [0.2, 0.25) is 5.82 Å². The van der Waals surface area contributed by atoms with Crippen molar-refractivity contribution in [1.29, 1.82) is 5.26 Å². The molecular formula is C21H30N6. The fraction of sp³-hybridized carbons (Fsp3) is 0.714. The number of rotatable bonds is 6. The Balaban J connectivity index is 1.53. The van der Waals surface area contributed by atoms with Gasteiger partial charge in [0.1, 0.15) is 11.6 Å². The Labute approximate surface area is 161 Å². The minimum Gasteiger partial charge on any atom is -0.368 e. The zero-order valence-corrected chi connectivity index (χ0v) is 16.5. The first-order valence-corrected chi connectivity index (χ1v) is 10.4. The summed E-state index contributed by atoms with van der Waals surface area (Å²) in [5.41, 5.74) is 2.06. The van der Waals surface area contributed by atoms with Crippen LogP contribution in [0.15, 0.2) is 6.33 Å². The molecule has 2 aromatic heterocycles. The van der Waals surface area contributed by atoms with Crippen LogP contribution >= 0.6 is 0 Å². The number of nitrogens with one attached hydrogen (secondary N) is 1. The van der Waals surface area contributed by atoms with Gasteiger partial charge in [0, 0.05) is 13.1 Å². The molecule has 0 unspecified atom stereocenters. The average molecular weight is 367 g/mol. The van der Waals surface area contributed by atoms with Gasteiger partial charge in [0.15, 0.2) is 11.5 Å². The summed E-state index contributed by atoms with van der Waals surface area (Å²) in [5.74, 6) is 2.48. The van der Waals surface area contributed by atoms with Crippen LogP contribution in [0.5, 0.6) is 0 Å². The standard InChI is InChI=1S/C21H30N6/c1-21(2)9-6-16(7-10-21)13-27-14-24-20-18(27)19(25-17(12-22)26-20)23-11-8-15-4-3-5-15/h14-16H,3-11,13H2,1-2H3,(H,23,25,26). The van der Waals surface area contributed by atoms with Crippen molar-refractivity contribution in [1.82, 2.24) is 19.5 Å². The number of fused-ring (bicyclic) bond motifs is 1. The first-order chi connectivity index (χ1) is 13.0. The molecule has 2 aromatic rings. The molecule has 2 fully saturated rings. The Bertz CT molecular complexity index is 832. The van der Waals surface area contributed by atoms with Gasteiger partial charge in [-0.05, 0) is 49.4 Å². The molecule has 2 saturated carbocycles. The van der Waals surface area contributed by atoms with Crippen LogP contribution < -0.4 is 5.32 Å². The first kappa shape index (κ1) is 18.2. The molecule has 2 aliphatic carbocycles. The Morgan fingerprint density at radius 1 is 1.19 bits per heavy atom. The highest BCUT2D eigenvalue weighted by molar-refractivity contribution is 5.83. The van der Waals surface area contributed by atoms with Crippen LogP contribution in [0.25, 0.3) is 11.2 Å². The summed E-state index contributed by atoms with van der Waals surface area (Å²) in [6.45, 7) is 6.60. The third-order valence-corrected chi connectivity index (χ3v) is 6.56. The van der Waals surface area contributed by atoms with E-state index in [1.807, 2.05) is 6.33 Å². The Morgan fingerprint density at radius 3 is 2.63 bits per heavy atom. The van der Waals surface area contributed by atoms with E-state index in [1.54, 1.807) is 0 Å². The van der Waals surface area contributed by atoms with Gasteiger partial charge in [0.05, 0.1) is 6.33 Å². The third kappa shape index (κ3) is 4.07. The summed E-state index contributed by atoms with van der Waals surface area (Å²) in [7, 11) is 0. The summed E-state index contributed by atoms with van der Waals surface area (Å²) < 4.78 is 2.20. The zero-order valence-electron chi connectivity index (χ0n) is 16.5. The average Bonchev–Trinajstić information content (AvgIpc) is 3.01. The summed E-state index contributed by atoms with van der Waals surface area (Å²) in [6.07, 6.45) is 12.2. The highest BCUT2D eigenvalue weighted by Crippen LogP contribution is 2.39. The second kappa shape index (κ2) is 7.46. The van der Waals surface area contributed by atoms with E-state index in [1.165, 1.54) is 51.4 Å². The fourth-order valence-corrected chi connectivity index (χ4v) is 4.39. The number of anilines is 1. The van der Waals surface area contributed by atoms with E-state index in [4.69, 9.17) is 0 Å². The lowest BCUT2D eigenvalue weighted by molar-refractivity contribution is 0.180. The molecule has 0 bridgehead atoms. The number of hydrogen-bond acceptors (Lipinski definition) is 5. The van der Waals surface area contributed by atoms with Crippen LogP contribution in [0.2, 0.25) is 0 Å². The molecule has 6 nitrogen and oxygen atoms in total. The number of nitriles is 1. The van der Waals surface area contributed by atoms with E-state index in [-0.39, 0.29) is 5.82 Å². The molecule has 0 aromatic carbocycles. The third-order valence-electron chi connectivity index (χ3n) is 6.56. The number of hydrogen-bond donors (Lipinski definition) is 1. The normalized spacial score (nSPS) is 20.3. The SMILES string of the molecule is CC1(C)CCC(Cn2cnc3nc(C#N)nc(NCCC4CCC4)c32)CC1. The highest BCUT2D eigenvalue weighted by atomic mass is 15.1. The lowest BCUT2D eigenvalue weighted by Crippen LogP contribution is -2.24. The summed E-state index contributed by atoms with van der Waals surface area (Å²) >= 11 is 0. The van der Waals surface area contributed by atoms with Gasteiger partial charge in [-0.25, -0.2) is 4.98 Å². The first-order valence-electron chi connectivity index (χ1n) is 10.4. The Morgan fingerprint density at radius 2 is 1.96 bits per heavy atom. The van der Waals surface area contributed by atoms with Crippen molar-refractivity contribution in [2.45, 2.75) is 71.8 Å². The van der Waals surface area contributed by atoms with Crippen molar-refractivity contribution in [3.8, 4) is 6.07 Å². The summed E-state index contributed by atoms with van der Waals surface area (Å²) in [4.78, 5) is 13.3. The molecule has 1 N–H and O–H groups in total. The van der Waals surface area contributed by atoms with Gasteiger partial charge in [0.25, 0.3) is 0 Å². The van der Waals surface area contributed by atoms with Gasteiger partial charge in [-0.15, -0.1) is 0 Å². The summed E-state index contributed by atoms with van der Waals surface area (Å²) in [5, 5.41) is 12.7. The minimum atomic E-state index is 0.193. The lowest BCUT2D eigenvalue weighted by atomic mass is 9.73. The van der Waals surface area contributed by atoms with Gasteiger partial charge in [-0.3, -0.25) is 0 Å². The van der Waals surface area contributed by atoms with Crippen LogP contribution in [-0.4, -0.2) is 26.1 Å².